The Balaban J connectivity index is 1.51. The molecule has 0 aromatic heterocycles. The van der Waals surface area contributed by atoms with Crippen LogP contribution >= 0.6 is 0 Å². The zero-order chi connectivity index (χ0) is 14.9. The summed E-state index contributed by atoms with van der Waals surface area (Å²) < 4.78 is 0. The molecule has 4 nitrogen and oxygen atoms in total. The first kappa shape index (κ1) is 13.8. The van der Waals surface area contributed by atoms with Crippen LogP contribution in [0, 0.1) is 12.8 Å². The second-order valence-electron chi connectivity index (χ2n) is 6.64. The van der Waals surface area contributed by atoms with E-state index in [0.29, 0.717) is 6.04 Å². The number of hydrogen-bond donors (Lipinski definition) is 1. The monoisotopic (exact) mass is 296 g/mol. The lowest BCUT2D eigenvalue weighted by molar-refractivity contribution is 0.237. The van der Waals surface area contributed by atoms with Gasteiger partial charge < -0.3 is 15.1 Å². The van der Waals surface area contributed by atoms with E-state index in [9.17, 15) is 0 Å². The molecule has 3 aliphatic rings. The van der Waals surface area contributed by atoms with Crippen LogP contribution in [0.15, 0.2) is 41.3 Å². The van der Waals surface area contributed by atoms with E-state index >= 15 is 0 Å². The summed E-state index contributed by atoms with van der Waals surface area (Å²) in [4.78, 5) is 9.40. The van der Waals surface area contributed by atoms with Crippen LogP contribution in [-0.2, 0) is 6.54 Å². The smallest absolute Gasteiger partial charge is 0.123 e. The first-order chi connectivity index (χ1) is 10.8. The third kappa shape index (κ3) is 2.52. The molecule has 4 heteroatoms. The Kier molecular flexibility index (Phi) is 3.62. The Bertz CT molecular complexity index is 595. The van der Waals surface area contributed by atoms with Crippen LogP contribution in [0.25, 0.3) is 0 Å². The predicted molar refractivity (Wildman–Crippen MR) is 89.6 cm³/mol. The number of benzene rings is 1. The maximum absolute atomic E-state index is 4.42. The molecule has 0 amide bonds. The van der Waals surface area contributed by atoms with Gasteiger partial charge in [0.05, 0.1) is 12.7 Å². The summed E-state index contributed by atoms with van der Waals surface area (Å²) >= 11 is 0. The van der Waals surface area contributed by atoms with Gasteiger partial charge >= 0.3 is 0 Å². The van der Waals surface area contributed by atoms with E-state index in [0.717, 1.165) is 25.6 Å². The van der Waals surface area contributed by atoms with Crippen LogP contribution in [0.2, 0.25) is 0 Å². The highest BCUT2D eigenvalue weighted by Crippen LogP contribution is 2.29. The normalized spacial score (nSPS) is 27.2. The second kappa shape index (κ2) is 5.76. The number of hydrogen-bond acceptors (Lipinski definition) is 4. The quantitative estimate of drug-likeness (QED) is 0.925. The van der Waals surface area contributed by atoms with Crippen LogP contribution in [-0.4, -0.2) is 48.2 Å². The van der Waals surface area contributed by atoms with E-state index in [1.54, 1.807) is 0 Å². The van der Waals surface area contributed by atoms with Crippen molar-refractivity contribution in [2.45, 2.75) is 25.9 Å². The van der Waals surface area contributed by atoms with Gasteiger partial charge in [0.25, 0.3) is 0 Å². The average Bonchev–Trinajstić information content (AvgIpc) is 3.11. The molecule has 2 fully saturated rings. The highest BCUT2D eigenvalue weighted by molar-refractivity contribution is 5.62. The Labute approximate surface area is 132 Å². The fourth-order valence-corrected chi connectivity index (χ4v) is 3.90. The van der Waals surface area contributed by atoms with Crippen molar-refractivity contribution >= 4 is 6.21 Å². The largest absolute Gasteiger partial charge is 0.355 e. The number of aryl methyl sites for hydroxylation is 1. The highest BCUT2D eigenvalue weighted by Gasteiger charge is 2.37. The molecule has 0 spiro atoms. The van der Waals surface area contributed by atoms with Crippen LogP contribution in [0.4, 0.5) is 0 Å². The maximum atomic E-state index is 4.42. The number of nitrogens with one attached hydrogen (secondary N) is 1. The van der Waals surface area contributed by atoms with Gasteiger partial charge in [-0.05, 0) is 36.9 Å². The molecule has 0 radical (unpaired) electrons. The van der Waals surface area contributed by atoms with Crippen LogP contribution < -0.4 is 5.32 Å². The standard InChI is InChI=1S/C18H24N4/c1-14-4-2-3-5-15(14)11-21-9-8-19-10-18(21)22-12-16-6-7-20-17(16)13-22/h2-5,8,10,16-17,20H,6-7,9,11-13H2,1H3/t16-,17+/m0/s1. The van der Waals surface area contributed by atoms with Crippen molar-refractivity contribution in [2.75, 3.05) is 26.2 Å². The lowest BCUT2D eigenvalue weighted by Gasteiger charge is -2.34. The van der Waals surface area contributed by atoms with Gasteiger partial charge in [0.2, 0.25) is 0 Å². The molecule has 3 heterocycles. The zero-order valence-electron chi connectivity index (χ0n) is 13.2. The van der Waals surface area contributed by atoms with Gasteiger partial charge in [-0.2, -0.15) is 0 Å². The fraction of sp³-hybridized carbons (Fsp3) is 0.500. The number of fused-ring (bicyclic) bond motifs is 1. The van der Waals surface area contributed by atoms with Gasteiger partial charge in [-0.25, -0.2) is 0 Å². The van der Waals surface area contributed by atoms with Crippen LogP contribution in [0.3, 0.4) is 0 Å². The molecule has 0 aliphatic carbocycles. The first-order valence-corrected chi connectivity index (χ1v) is 8.31. The molecule has 116 valence electrons. The first-order valence-electron chi connectivity index (χ1n) is 8.31. The van der Waals surface area contributed by atoms with Gasteiger partial charge in [0, 0.05) is 31.9 Å². The number of likely N-dealkylation sites (tertiary alicyclic amines) is 1. The summed E-state index contributed by atoms with van der Waals surface area (Å²) in [7, 11) is 0. The van der Waals surface area contributed by atoms with Crippen molar-refractivity contribution in [1.29, 1.82) is 0 Å². The van der Waals surface area contributed by atoms with E-state index in [1.807, 2.05) is 12.4 Å². The lowest BCUT2D eigenvalue weighted by atomic mass is 10.1. The van der Waals surface area contributed by atoms with E-state index < -0.39 is 0 Å². The van der Waals surface area contributed by atoms with Crippen molar-refractivity contribution in [3.8, 4) is 0 Å². The van der Waals surface area contributed by atoms with Crippen molar-refractivity contribution in [3.63, 3.8) is 0 Å². The summed E-state index contributed by atoms with van der Waals surface area (Å²) in [6, 6.07) is 9.35. The van der Waals surface area contributed by atoms with E-state index in [4.69, 9.17) is 0 Å². The van der Waals surface area contributed by atoms with Crippen LogP contribution in [0.5, 0.6) is 0 Å². The minimum atomic E-state index is 0.673. The van der Waals surface area contributed by atoms with E-state index in [1.165, 1.54) is 36.5 Å². The summed E-state index contributed by atoms with van der Waals surface area (Å²) in [6.45, 7) is 7.54. The predicted octanol–water partition coefficient (Wildman–Crippen LogP) is 1.97. The van der Waals surface area contributed by atoms with Gasteiger partial charge in [-0.3, -0.25) is 4.99 Å². The minimum Gasteiger partial charge on any atom is -0.355 e. The second-order valence-corrected chi connectivity index (χ2v) is 6.64. The number of nitrogens with zero attached hydrogens (tertiary/aromatic N) is 3. The molecule has 3 aliphatic heterocycles. The maximum Gasteiger partial charge on any atom is 0.123 e. The van der Waals surface area contributed by atoms with Gasteiger partial charge in [0.15, 0.2) is 0 Å². The molecule has 1 aromatic carbocycles. The van der Waals surface area contributed by atoms with Crippen molar-refractivity contribution in [1.82, 2.24) is 15.1 Å². The van der Waals surface area contributed by atoms with Gasteiger partial charge in [-0.1, -0.05) is 24.3 Å². The minimum absolute atomic E-state index is 0.673. The molecule has 4 rings (SSSR count). The molecule has 1 N–H and O–H groups in total. The zero-order valence-corrected chi connectivity index (χ0v) is 13.2. The van der Waals surface area contributed by atoms with Gasteiger partial charge in [0.1, 0.15) is 5.82 Å². The molecule has 2 saturated heterocycles. The SMILES string of the molecule is Cc1ccccc1CN1CC=NC=C1N1C[C@@H]2CCN[C@@H]2C1. The average molecular weight is 296 g/mol. The topological polar surface area (TPSA) is 30.9 Å². The third-order valence-electron chi connectivity index (χ3n) is 5.23. The van der Waals surface area contributed by atoms with E-state index in [2.05, 4.69) is 51.3 Å². The number of rotatable bonds is 3. The molecule has 0 unspecified atom stereocenters. The van der Waals surface area contributed by atoms with Gasteiger partial charge in [-0.15, -0.1) is 0 Å². The van der Waals surface area contributed by atoms with Crippen molar-refractivity contribution in [3.05, 3.63) is 47.4 Å². The summed E-state index contributed by atoms with van der Waals surface area (Å²) in [5.41, 5.74) is 2.77. The molecule has 0 bridgehead atoms. The summed E-state index contributed by atoms with van der Waals surface area (Å²) in [5.74, 6) is 2.11. The molecule has 22 heavy (non-hydrogen) atoms. The van der Waals surface area contributed by atoms with Crippen LogP contribution in [0.1, 0.15) is 17.5 Å². The Morgan fingerprint density at radius 3 is 3.05 bits per heavy atom. The van der Waals surface area contributed by atoms with Crippen molar-refractivity contribution in [2.24, 2.45) is 10.9 Å². The Morgan fingerprint density at radius 1 is 1.27 bits per heavy atom. The molecular formula is C18H24N4. The lowest BCUT2D eigenvalue weighted by Crippen LogP contribution is -2.38. The summed E-state index contributed by atoms with van der Waals surface area (Å²) in [5, 5.41) is 3.64. The molecular weight excluding hydrogens is 272 g/mol. The van der Waals surface area contributed by atoms with Crippen molar-refractivity contribution < 1.29 is 0 Å². The molecule has 1 aromatic rings. The Morgan fingerprint density at radius 2 is 2.18 bits per heavy atom. The number of aliphatic imine (C=N–C) groups is 1. The van der Waals surface area contributed by atoms with E-state index in [-0.39, 0.29) is 0 Å². The molecule has 0 saturated carbocycles. The summed E-state index contributed by atoms with van der Waals surface area (Å²) in [6.07, 6.45) is 5.37. The Hall–Kier alpha value is -1.81. The molecule has 2 atom stereocenters. The fourth-order valence-electron chi connectivity index (χ4n) is 3.90. The highest BCUT2D eigenvalue weighted by atomic mass is 15.4. The third-order valence-corrected chi connectivity index (χ3v) is 5.23.